The van der Waals surface area contributed by atoms with Crippen molar-refractivity contribution in [1.29, 1.82) is 0 Å². The van der Waals surface area contributed by atoms with Gasteiger partial charge >= 0.3 is 0 Å². The van der Waals surface area contributed by atoms with Crippen LogP contribution in [0.4, 0.5) is 0 Å². The van der Waals surface area contributed by atoms with E-state index >= 15 is 0 Å². The minimum Gasteiger partial charge on any atom is -0.497 e. The van der Waals surface area contributed by atoms with E-state index in [1.807, 2.05) is 23.1 Å². The van der Waals surface area contributed by atoms with Gasteiger partial charge in [0, 0.05) is 37.1 Å². The van der Waals surface area contributed by atoms with Gasteiger partial charge in [0.15, 0.2) is 0 Å². The van der Waals surface area contributed by atoms with Crippen LogP contribution in [0.2, 0.25) is 0 Å². The Bertz CT molecular complexity index is 900. The Morgan fingerprint density at radius 1 is 1.15 bits per heavy atom. The van der Waals surface area contributed by atoms with E-state index < -0.39 is 0 Å². The highest BCUT2D eigenvalue weighted by Gasteiger charge is 2.23. The zero-order chi connectivity index (χ0) is 18.6. The maximum Gasteiger partial charge on any atom is 0.254 e. The predicted molar refractivity (Wildman–Crippen MR) is 110 cm³/mol. The molecular weight excluding hydrogens is 378 g/mol. The number of hydrogen-bond donors (Lipinski definition) is 0. The van der Waals surface area contributed by atoms with Crippen molar-refractivity contribution in [3.05, 3.63) is 57.7 Å². The summed E-state index contributed by atoms with van der Waals surface area (Å²) < 4.78 is 5.22. The highest BCUT2D eigenvalue weighted by molar-refractivity contribution is 7.14. The molecule has 0 bridgehead atoms. The highest BCUT2D eigenvalue weighted by atomic mass is 32.1. The molecule has 3 heterocycles. The number of carbonyl (C=O) groups is 1. The lowest BCUT2D eigenvalue weighted by atomic mass is 10.1. The predicted octanol–water partition coefficient (Wildman–Crippen LogP) is 3.84. The minimum atomic E-state index is 0.0720. The Morgan fingerprint density at radius 3 is 2.74 bits per heavy atom. The molecular formula is C20H21N3O2S2. The molecule has 1 fully saturated rings. The molecule has 0 N–H and O–H groups in total. The lowest BCUT2D eigenvalue weighted by Crippen LogP contribution is -2.48. The zero-order valence-electron chi connectivity index (χ0n) is 15.1. The summed E-state index contributed by atoms with van der Waals surface area (Å²) in [6.07, 6.45) is 0. The third kappa shape index (κ3) is 4.21. The van der Waals surface area contributed by atoms with E-state index in [9.17, 15) is 4.79 Å². The van der Waals surface area contributed by atoms with E-state index in [4.69, 9.17) is 9.72 Å². The molecule has 1 amide bonds. The van der Waals surface area contributed by atoms with E-state index in [1.54, 1.807) is 35.8 Å². The molecule has 0 unspecified atom stereocenters. The fourth-order valence-corrected chi connectivity index (χ4v) is 4.76. The van der Waals surface area contributed by atoms with Gasteiger partial charge in [-0.1, -0.05) is 12.1 Å². The summed E-state index contributed by atoms with van der Waals surface area (Å²) in [5, 5.41) is 5.34. The molecule has 1 saturated heterocycles. The van der Waals surface area contributed by atoms with Crippen LogP contribution in [0.25, 0.3) is 10.6 Å². The standard InChI is InChI=1S/C20H21N3O2S2/c1-25-16-5-2-4-15(12-16)20(24)23-9-7-22(8-10-23)13-19-21-17(14-27-19)18-6-3-11-26-18/h2-6,11-12,14H,7-10,13H2,1H3. The van der Waals surface area contributed by atoms with Crippen molar-refractivity contribution >= 4 is 28.6 Å². The first-order valence-electron chi connectivity index (χ1n) is 8.87. The first kappa shape index (κ1) is 18.2. The molecule has 2 aromatic heterocycles. The number of nitrogens with zero attached hydrogens (tertiary/aromatic N) is 3. The van der Waals surface area contributed by atoms with Crippen molar-refractivity contribution in [3.63, 3.8) is 0 Å². The van der Waals surface area contributed by atoms with Gasteiger partial charge in [0.2, 0.25) is 0 Å². The summed E-state index contributed by atoms with van der Waals surface area (Å²) >= 11 is 3.43. The van der Waals surface area contributed by atoms with Gasteiger partial charge in [0.25, 0.3) is 5.91 Å². The van der Waals surface area contributed by atoms with Crippen molar-refractivity contribution in [1.82, 2.24) is 14.8 Å². The van der Waals surface area contributed by atoms with Gasteiger partial charge in [-0.25, -0.2) is 4.98 Å². The van der Waals surface area contributed by atoms with Crippen LogP contribution in [0, 0.1) is 0 Å². The maximum absolute atomic E-state index is 12.7. The summed E-state index contributed by atoms with van der Waals surface area (Å²) in [6.45, 7) is 4.04. The average Bonchev–Trinajstić information content (AvgIpc) is 3.40. The summed E-state index contributed by atoms with van der Waals surface area (Å²) in [4.78, 5) is 23.0. The second-order valence-corrected chi connectivity index (χ2v) is 8.29. The molecule has 27 heavy (non-hydrogen) atoms. The maximum atomic E-state index is 12.7. The number of thiophene rings is 1. The van der Waals surface area contributed by atoms with Crippen LogP contribution in [-0.2, 0) is 6.54 Å². The van der Waals surface area contributed by atoms with Gasteiger partial charge in [0.05, 0.1) is 24.2 Å². The number of aromatic nitrogens is 1. The summed E-state index contributed by atoms with van der Waals surface area (Å²) in [7, 11) is 1.62. The lowest BCUT2D eigenvalue weighted by molar-refractivity contribution is 0.0628. The number of amides is 1. The molecule has 4 rings (SSSR count). The number of thiazole rings is 1. The van der Waals surface area contributed by atoms with Crippen molar-refractivity contribution < 1.29 is 9.53 Å². The van der Waals surface area contributed by atoms with Gasteiger partial charge in [0.1, 0.15) is 10.8 Å². The molecule has 0 radical (unpaired) electrons. The molecule has 1 aliphatic rings. The first-order chi connectivity index (χ1) is 13.2. The van der Waals surface area contributed by atoms with E-state index in [2.05, 4.69) is 27.8 Å². The van der Waals surface area contributed by atoms with E-state index in [1.165, 1.54) is 4.88 Å². The van der Waals surface area contributed by atoms with Crippen LogP contribution >= 0.6 is 22.7 Å². The fourth-order valence-electron chi connectivity index (χ4n) is 3.16. The van der Waals surface area contributed by atoms with Gasteiger partial charge in [-0.2, -0.15) is 0 Å². The monoisotopic (exact) mass is 399 g/mol. The SMILES string of the molecule is COc1cccc(C(=O)N2CCN(Cc3nc(-c4cccs4)cs3)CC2)c1. The van der Waals surface area contributed by atoms with Crippen molar-refractivity contribution in [2.24, 2.45) is 0 Å². The van der Waals surface area contributed by atoms with Crippen LogP contribution in [-0.4, -0.2) is 54.0 Å². The zero-order valence-corrected chi connectivity index (χ0v) is 16.8. The van der Waals surface area contributed by atoms with Crippen LogP contribution in [0.1, 0.15) is 15.4 Å². The third-order valence-electron chi connectivity index (χ3n) is 4.66. The van der Waals surface area contributed by atoms with Crippen LogP contribution < -0.4 is 4.74 Å². The van der Waals surface area contributed by atoms with Crippen LogP contribution in [0.15, 0.2) is 47.2 Å². The van der Waals surface area contributed by atoms with Gasteiger partial charge in [-0.3, -0.25) is 9.69 Å². The van der Waals surface area contributed by atoms with Gasteiger partial charge < -0.3 is 9.64 Å². The minimum absolute atomic E-state index is 0.0720. The lowest BCUT2D eigenvalue weighted by Gasteiger charge is -2.34. The van der Waals surface area contributed by atoms with Crippen LogP contribution in [0.3, 0.4) is 0 Å². The smallest absolute Gasteiger partial charge is 0.254 e. The Balaban J connectivity index is 1.33. The van der Waals surface area contributed by atoms with E-state index in [0.717, 1.165) is 43.4 Å². The molecule has 140 valence electrons. The second kappa shape index (κ2) is 8.21. The third-order valence-corrected chi connectivity index (χ3v) is 6.39. The molecule has 3 aromatic rings. The number of hydrogen-bond acceptors (Lipinski definition) is 6. The number of ether oxygens (including phenoxy) is 1. The van der Waals surface area contributed by atoms with Crippen molar-refractivity contribution in [2.45, 2.75) is 6.54 Å². The Labute approximate surface area is 166 Å². The number of rotatable bonds is 5. The Morgan fingerprint density at radius 2 is 2.00 bits per heavy atom. The topological polar surface area (TPSA) is 45.7 Å². The normalized spacial score (nSPS) is 15.1. The van der Waals surface area contributed by atoms with Crippen molar-refractivity contribution in [3.8, 4) is 16.3 Å². The van der Waals surface area contributed by atoms with Gasteiger partial charge in [-0.05, 0) is 29.6 Å². The Hall–Kier alpha value is -2.22. The molecule has 1 aromatic carbocycles. The van der Waals surface area contributed by atoms with Crippen LogP contribution in [0.5, 0.6) is 5.75 Å². The number of piperazine rings is 1. The average molecular weight is 400 g/mol. The molecule has 1 aliphatic heterocycles. The number of methoxy groups -OCH3 is 1. The van der Waals surface area contributed by atoms with E-state index in [0.29, 0.717) is 11.3 Å². The molecule has 5 nitrogen and oxygen atoms in total. The summed E-state index contributed by atoms with van der Waals surface area (Å²) in [5.41, 5.74) is 1.75. The summed E-state index contributed by atoms with van der Waals surface area (Å²) in [5.74, 6) is 0.785. The fraction of sp³-hybridized carbons (Fsp3) is 0.300. The second-order valence-electron chi connectivity index (χ2n) is 6.40. The van der Waals surface area contributed by atoms with Gasteiger partial charge in [-0.15, -0.1) is 22.7 Å². The number of carbonyl (C=O) groups excluding carboxylic acids is 1. The molecule has 0 atom stereocenters. The van der Waals surface area contributed by atoms with Crippen molar-refractivity contribution in [2.75, 3.05) is 33.3 Å². The Kier molecular flexibility index (Phi) is 5.52. The quantitative estimate of drug-likeness (QED) is 0.654. The molecule has 0 spiro atoms. The molecule has 0 saturated carbocycles. The number of benzene rings is 1. The largest absolute Gasteiger partial charge is 0.497 e. The summed E-state index contributed by atoms with van der Waals surface area (Å²) in [6, 6.07) is 11.5. The highest BCUT2D eigenvalue weighted by Crippen LogP contribution is 2.26. The van der Waals surface area contributed by atoms with E-state index in [-0.39, 0.29) is 5.91 Å². The molecule has 0 aliphatic carbocycles. The first-order valence-corrected chi connectivity index (χ1v) is 10.6. The molecule has 7 heteroatoms.